The summed E-state index contributed by atoms with van der Waals surface area (Å²) in [6.07, 6.45) is 11.3. The average molecular weight is 933 g/mol. The summed E-state index contributed by atoms with van der Waals surface area (Å²) in [5.41, 5.74) is 12.1. The molecular formula is C58H63N6Y. The molecule has 4 heterocycles. The van der Waals surface area contributed by atoms with Gasteiger partial charge in [0.1, 0.15) is 0 Å². The molecule has 9 rings (SSSR count). The molecule has 3 aromatic heterocycles. The standard InChI is InChI=1S/C31H41N3.C9H8N.2C9H7N.Y/c1-20(2)26-14-10-15-27(21(3)4)30(26)32-18-24-12-9-13-25(34-24)19-33-31-28(22(5)6)16-11-17-29(31)23(7)8;3*1-2-4-9-7-10-6-5-8(9)3-1;/h9-17,20-23H,18-19H2,1-8H3;1-6H,7H2;2*1-7H;/q-2;-1;;;+3. The first-order chi connectivity index (χ1) is 31.1. The van der Waals surface area contributed by atoms with E-state index < -0.39 is 0 Å². The van der Waals surface area contributed by atoms with Crippen molar-refractivity contribution < 1.29 is 32.7 Å². The zero-order chi connectivity index (χ0) is 45.3. The van der Waals surface area contributed by atoms with Crippen molar-refractivity contribution >= 4 is 39.0 Å². The predicted molar refractivity (Wildman–Crippen MR) is 273 cm³/mol. The van der Waals surface area contributed by atoms with Gasteiger partial charge in [-0.15, -0.1) is 17.9 Å². The maximum absolute atomic E-state index is 5.06. The molecule has 65 heavy (non-hydrogen) atoms. The van der Waals surface area contributed by atoms with E-state index in [-0.39, 0.29) is 32.7 Å². The van der Waals surface area contributed by atoms with Crippen molar-refractivity contribution in [1.29, 1.82) is 0 Å². The Balaban J connectivity index is 0.000000203. The van der Waals surface area contributed by atoms with Crippen molar-refractivity contribution in [1.82, 2.24) is 15.0 Å². The van der Waals surface area contributed by atoms with E-state index in [9.17, 15) is 0 Å². The zero-order valence-corrected chi connectivity index (χ0v) is 42.3. The third-order valence-electron chi connectivity index (χ3n) is 11.1. The van der Waals surface area contributed by atoms with Crippen molar-refractivity contribution in [2.45, 2.75) is 98.7 Å². The van der Waals surface area contributed by atoms with Crippen LogP contribution in [0.1, 0.15) is 124 Å². The van der Waals surface area contributed by atoms with Crippen LogP contribution < -0.4 is 0 Å². The maximum atomic E-state index is 5.06. The Morgan fingerprint density at radius 2 is 0.862 bits per heavy atom. The molecule has 8 aromatic rings. The SMILES string of the molecule is C1=Cc2ccccc2C[N-]1.CC(C)c1cccc(C(C)C)c1[N-]Cc1cccc(C[N-]c2c(C(C)C)cccc2C(C)C)n1.[Y+3].c1ccc2cnccc2c1.c1ccc2cnccc2c1. The summed E-state index contributed by atoms with van der Waals surface area (Å²) < 4.78 is 0. The summed E-state index contributed by atoms with van der Waals surface area (Å²) >= 11 is 0. The average Bonchev–Trinajstić information content (AvgIpc) is 3.33. The second kappa shape index (κ2) is 25.7. The van der Waals surface area contributed by atoms with Crippen LogP contribution in [0.3, 0.4) is 0 Å². The third kappa shape index (κ3) is 14.7. The van der Waals surface area contributed by atoms with Gasteiger partial charge in [0.25, 0.3) is 0 Å². The summed E-state index contributed by atoms with van der Waals surface area (Å²) in [5.74, 6) is 1.75. The number of hydrogen-bond acceptors (Lipinski definition) is 3. The third-order valence-corrected chi connectivity index (χ3v) is 11.1. The second-order valence-corrected chi connectivity index (χ2v) is 17.2. The fourth-order valence-electron chi connectivity index (χ4n) is 7.59. The summed E-state index contributed by atoms with van der Waals surface area (Å²) in [5, 5.41) is 19.2. The van der Waals surface area contributed by atoms with Crippen LogP contribution in [0.15, 0.2) is 171 Å². The zero-order valence-electron chi connectivity index (χ0n) is 39.4. The van der Waals surface area contributed by atoms with Gasteiger partial charge in [-0.3, -0.25) is 15.0 Å². The van der Waals surface area contributed by atoms with E-state index in [1.54, 1.807) is 0 Å². The Labute approximate surface area is 413 Å². The molecule has 0 saturated carbocycles. The normalized spacial score (nSPS) is 11.3. The number of nitrogens with zero attached hydrogens (tertiary/aromatic N) is 6. The molecule has 0 amide bonds. The van der Waals surface area contributed by atoms with E-state index in [0.29, 0.717) is 36.8 Å². The van der Waals surface area contributed by atoms with Gasteiger partial charge in [-0.2, -0.15) is 6.20 Å². The first-order valence-electron chi connectivity index (χ1n) is 22.6. The van der Waals surface area contributed by atoms with Crippen LogP contribution in [0.4, 0.5) is 11.4 Å². The van der Waals surface area contributed by atoms with Gasteiger partial charge in [0.2, 0.25) is 0 Å². The molecule has 0 fully saturated rings. The molecular weight excluding hydrogens is 870 g/mol. The smallest absolute Gasteiger partial charge is 0.687 e. The van der Waals surface area contributed by atoms with Gasteiger partial charge < -0.3 is 16.0 Å². The van der Waals surface area contributed by atoms with Crippen LogP contribution >= 0.6 is 0 Å². The number of para-hydroxylation sites is 2. The molecule has 5 aromatic carbocycles. The molecule has 1 aliphatic heterocycles. The Morgan fingerprint density at radius 1 is 0.462 bits per heavy atom. The van der Waals surface area contributed by atoms with Gasteiger partial charge >= 0.3 is 32.7 Å². The molecule has 328 valence electrons. The van der Waals surface area contributed by atoms with Crippen molar-refractivity contribution in [3.8, 4) is 0 Å². The predicted octanol–water partition coefficient (Wildman–Crippen LogP) is 17.0. The van der Waals surface area contributed by atoms with E-state index >= 15 is 0 Å². The van der Waals surface area contributed by atoms with Gasteiger partial charge in [-0.25, -0.2) is 0 Å². The Kier molecular flexibility index (Phi) is 19.9. The molecule has 1 aliphatic rings. The number of aromatic nitrogens is 3. The van der Waals surface area contributed by atoms with E-state index in [1.807, 2.05) is 79.5 Å². The van der Waals surface area contributed by atoms with Gasteiger partial charge in [-0.05, 0) is 75.0 Å². The molecule has 0 atom stereocenters. The molecule has 0 bridgehead atoms. The molecule has 0 saturated heterocycles. The van der Waals surface area contributed by atoms with Gasteiger partial charge in [0, 0.05) is 36.2 Å². The maximum Gasteiger partial charge on any atom is 3.00 e. The minimum Gasteiger partial charge on any atom is -0.687 e. The number of pyridine rings is 3. The minimum atomic E-state index is 0. The number of hydrogen-bond donors (Lipinski definition) is 0. The first kappa shape index (κ1) is 50.3. The van der Waals surface area contributed by atoms with Crippen LogP contribution in [-0.4, -0.2) is 15.0 Å². The van der Waals surface area contributed by atoms with Crippen LogP contribution in [0.5, 0.6) is 0 Å². The number of fused-ring (bicyclic) bond motifs is 3. The van der Waals surface area contributed by atoms with E-state index in [4.69, 9.17) is 15.6 Å². The Morgan fingerprint density at radius 3 is 1.28 bits per heavy atom. The second-order valence-electron chi connectivity index (χ2n) is 17.2. The van der Waals surface area contributed by atoms with Gasteiger partial charge in [-0.1, -0.05) is 218 Å². The molecule has 0 radical (unpaired) electrons. The monoisotopic (exact) mass is 932 g/mol. The Bertz CT molecular complexity index is 2380. The number of rotatable bonds is 10. The number of benzene rings is 5. The van der Waals surface area contributed by atoms with Crippen LogP contribution in [0.2, 0.25) is 0 Å². The molecule has 0 spiro atoms. The van der Waals surface area contributed by atoms with Crippen LogP contribution in [0, 0.1) is 0 Å². The first-order valence-corrected chi connectivity index (χ1v) is 22.6. The van der Waals surface area contributed by atoms with Crippen LogP contribution in [-0.2, 0) is 52.3 Å². The summed E-state index contributed by atoms with van der Waals surface area (Å²) in [4.78, 5) is 12.9. The fourth-order valence-corrected chi connectivity index (χ4v) is 7.59. The van der Waals surface area contributed by atoms with E-state index in [1.165, 1.54) is 54.9 Å². The molecule has 7 heteroatoms. The van der Waals surface area contributed by atoms with Gasteiger partial charge in [0.15, 0.2) is 0 Å². The van der Waals surface area contributed by atoms with E-state index in [0.717, 1.165) is 29.3 Å². The topological polar surface area (TPSA) is 81.0 Å². The van der Waals surface area contributed by atoms with E-state index in [2.05, 4.69) is 168 Å². The van der Waals surface area contributed by atoms with Crippen LogP contribution in [0.25, 0.3) is 43.6 Å². The largest absolute Gasteiger partial charge is 3.00 e. The Hall–Kier alpha value is -5.69. The van der Waals surface area contributed by atoms with Crippen molar-refractivity contribution in [3.63, 3.8) is 0 Å². The fraction of sp³-hybridized carbons (Fsp3) is 0.259. The molecule has 0 unspecified atom stereocenters. The minimum absolute atomic E-state index is 0. The summed E-state index contributed by atoms with van der Waals surface area (Å²) in [6, 6.07) is 48.1. The van der Waals surface area contributed by atoms with Crippen molar-refractivity contribution in [2.24, 2.45) is 0 Å². The molecule has 0 aliphatic carbocycles. The van der Waals surface area contributed by atoms with Gasteiger partial charge in [0.05, 0.1) is 0 Å². The van der Waals surface area contributed by atoms with Crippen molar-refractivity contribution in [2.75, 3.05) is 0 Å². The molecule has 0 N–H and O–H groups in total. The summed E-state index contributed by atoms with van der Waals surface area (Å²) in [7, 11) is 0. The molecule has 6 nitrogen and oxygen atoms in total. The summed E-state index contributed by atoms with van der Waals surface area (Å²) in [6.45, 7) is 19.9. The quantitative estimate of drug-likeness (QED) is 0.137. The van der Waals surface area contributed by atoms with Crippen molar-refractivity contribution in [3.05, 3.63) is 231 Å².